The molecule has 1 amide bonds. The summed E-state index contributed by atoms with van der Waals surface area (Å²) in [5.74, 6) is 0.261. The van der Waals surface area contributed by atoms with E-state index in [9.17, 15) is 4.79 Å². The molecule has 0 radical (unpaired) electrons. The van der Waals surface area contributed by atoms with Crippen LogP contribution in [0.15, 0.2) is 30.3 Å². The third-order valence-electron chi connectivity index (χ3n) is 2.95. The first kappa shape index (κ1) is 10.2. The van der Waals surface area contributed by atoms with Crippen LogP contribution in [0.3, 0.4) is 0 Å². The Morgan fingerprint density at radius 1 is 1.40 bits per heavy atom. The first-order valence-electron chi connectivity index (χ1n) is 5.26. The quantitative estimate of drug-likeness (QED) is 0.788. The molecule has 3 N–H and O–H groups in total. The number of hydrogen-bond donors (Lipinski definition) is 2. The highest BCUT2D eigenvalue weighted by atomic mass is 16.2. The number of nitrogens with one attached hydrogen (secondary N) is 1. The van der Waals surface area contributed by atoms with Crippen molar-refractivity contribution in [2.75, 3.05) is 5.32 Å². The molecule has 1 aromatic rings. The SMILES string of the molecule is CC(N)(C(=O)Nc1ccccc1)C1CC1. The number of carbonyl (C=O) groups excluding carboxylic acids is 1. The van der Waals surface area contributed by atoms with Crippen molar-refractivity contribution >= 4 is 11.6 Å². The van der Waals surface area contributed by atoms with Gasteiger partial charge in [-0.25, -0.2) is 0 Å². The van der Waals surface area contributed by atoms with Crippen LogP contribution in [0.5, 0.6) is 0 Å². The zero-order valence-corrected chi connectivity index (χ0v) is 8.86. The summed E-state index contributed by atoms with van der Waals surface area (Å²) in [6, 6.07) is 9.42. The third kappa shape index (κ3) is 2.18. The van der Waals surface area contributed by atoms with Gasteiger partial charge in [-0.1, -0.05) is 18.2 Å². The lowest BCUT2D eigenvalue weighted by Crippen LogP contribution is -2.50. The molecule has 1 aliphatic carbocycles. The molecular weight excluding hydrogens is 188 g/mol. The van der Waals surface area contributed by atoms with Crippen LogP contribution < -0.4 is 11.1 Å². The van der Waals surface area contributed by atoms with Crippen molar-refractivity contribution in [2.24, 2.45) is 11.7 Å². The van der Waals surface area contributed by atoms with E-state index in [1.165, 1.54) is 0 Å². The number of benzene rings is 1. The largest absolute Gasteiger partial charge is 0.324 e. The second kappa shape index (κ2) is 3.66. The van der Waals surface area contributed by atoms with Crippen LogP contribution in [0.25, 0.3) is 0 Å². The molecule has 1 aromatic carbocycles. The van der Waals surface area contributed by atoms with E-state index in [1.54, 1.807) is 0 Å². The van der Waals surface area contributed by atoms with E-state index < -0.39 is 5.54 Å². The van der Waals surface area contributed by atoms with Gasteiger partial charge in [0.1, 0.15) is 0 Å². The molecule has 1 atom stereocenters. The Kier molecular flexibility index (Phi) is 2.49. The van der Waals surface area contributed by atoms with Crippen molar-refractivity contribution in [3.8, 4) is 0 Å². The highest BCUT2D eigenvalue weighted by molar-refractivity contribution is 5.98. The number of para-hydroxylation sites is 1. The molecule has 0 spiro atoms. The molecule has 2 rings (SSSR count). The van der Waals surface area contributed by atoms with E-state index in [1.807, 2.05) is 37.3 Å². The van der Waals surface area contributed by atoms with Gasteiger partial charge < -0.3 is 11.1 Å². The number of carbonyl (C=O) groups is 1. The summed E-state index contributed by atoms with van der Waals surface area (Å²) >= 11 is 0. The average molecular weight is 204 g/mol. The van der Waals surface area contributed by atoms with Crippen LogP contribution >= 0.6 is 0 Å². The topological polar surface area (TPSA) is 55.1 Å². The van der Waals surface area contributed by atoms with Crippen molar-refractivity contribution < 1.29 is 4.79 Å². The van der Waals surface area contributed by atoms with E-state index in [0.717, 1.165) is 18.5 Å². The molecule has 3 heteroatoms. The van der Waals surface area contributed by atoms with Gasteiger partial charge in [0.05, 0.1) is 5.54 Å². The summed E-state index contributed by atoms with van der Waals surface area (Å²) in [5.41, 5.74) is 6.08. The first-order valence-corrected chi connectivity index (χ1v) is 5.26. The second-order valence-corrected chi connectivity index (χ2v) is 4.38. The lowest BCUT2D eigenvalue weighted by molar-refractivity contribution is -0.121. The monoisotopic (exact) mass is 204 g/mol. The normalized spacial score (nSPS) is 19.3. The predicted molar refractivity (Wildman–Crippen MR) is 60.4 cm³/mol. The fraction of sp³-hybridized carbons (Fsp3) is 0.417. The van der Waals surface area contributed by atoms with Crippen LogP contribution in [0.4, 0.5) is 5.69 Å². The third-order valence-corrected chi connectivity index (χ3v) is 2.95. The lowest BCUT2D eigenvalue weighted by atomic mass is 9.96. The van der Waals surface area contributed by atoms with E-state index >= 15 is 0 Å². The Morgan fingerprint density at radius 2 is 2.00 bits per heavy atom. The van der Waals surface area contributed by atoms with E-state index in [0.29, 0.717) is 5.92 Å². The van der Waals surface area contributed by atoms with Gasteiger partial charge in [-0.3, -0.25) is 4.79 Å². The van der Waals surface area contributed by atoms with E-state index in [4.69, 9.17) is 5.73 Å². The van der Waals surface area contributed by atoms with Gasteiger partial charge >= 0.3 is 0 Å². The fourth-order valence-corrected chi connectivity index (χ4v) is 1.66. The summed E-state index contributed by atoms with van der Waals surface area (Å²) in [6.45, 7) is 1.81. The molecule has 1 aliphatic rings. The minimum Gasteiger partial charge on any atom is -0.324 e. The Labute approximate surface area is 89.7 Å². The van der Waals surface area contributed by atoms with E-state index in [-0.39, 0.29) is 5.91 Å². The number of anilines is 1. The summed E-state index contributed by atoms with van der Waals surface area (Å²) < 4.78 is 0. The van der Waals surface area contributed by atoms with Crippen molar-refractivity contribution in [3.63, 3.8) is 0 Å². The minimum absolute atomic E-state index is 0.0869. The number of amides is 1. The molecule has 1 saturated carbocycles. The Morgan fingerprint density at radius 3 is 2.53 bits per heavy atom. The predicted octanol–water partition coefficient (Wildman–Crippen LogP) is 1.75. The fourth-order valence-electron chi connectivity index (χ4n) is 1.66. The van der Waals surface area contributed by atoms with Crippen LogP contribution in [0.2, 0.25) is 0 Å². The van der Waals surface area contributed by atoms with Crippen LogP contribution in [-0.4, -0.2) is 11.4 Å². The van der Waals surface area contributed by atoms with Crippen LogP contribution in [0.1, 0.15) is 19.8 Å². The second-order valence-electron chi connectivity index (χ2n) is 4.38. The van der Waals surface area contributed by atoms with Gasteiger partial charge in [0.2, 0.25) is 5.91 Å². The van der Waals surface area contributed by atoms with Crippen molar-refractivity contribution in [1.29, 1.82) is 0 Å². The van der Waals surface area contributed by atoms with Gasteiger partial charge in [0.25, 0.3) is 0 Å². The molecule has 80 valence electrons. The molecule has 1 unspecified atom stereocenters. The number of rotatable bonds is 3. The van der Waals surface area contributed by atoms with Gasteiger partial charge in [-0.05, 0) is 37.8 Å². The zero-order valence-electron chi connectivity index (χ0n) is 8.86. The smallest absolute Gasteiger partial charge is 0.244 e. The Balaban J connectivity index is 2.03. The molecule has 3 nitrogen and oxygen atoms in total. The van der Waals surface area contributed by atoms with Crippen LogP contribution in [-0.2, 0) is 4.79 Å². The number of nitrogens with two attached hydrogens (primary N) is 1. The van der Waals surface area contributed by atoms with Crippen molar-refractivity contribution in [2.45, 2.75) is 25.3 Å². The molecule has 0 saturated heterocycles. The van der Waals surface area contributed by atoms with Gasteiger partial charge in [0.15, 0.2) is 0 Å². The van der Waals surface area contributed by atoms with E-state index in [2.05, 4.69) is 5.32 Å². The van der Waals surface area contributed by atoms with Crippen molar-refractivity contribution in [1.82, 2.24) is 0 Å². The summed E-state index contributed by atoms with van der Waals surface area (Å²) in [4.78, 5) is 11.9. The van der Waals surface area contributed by atoms with Gasteiger partial charge in [0, 0.05) is 5.69 Å². The molecule has 0 bridgehead atoms. The maximum Gasteiger partial charge on any atom is 0.244 e. The zero-order chi connectivity index (χ0) is 10.9. The first-order chi connectivity index (χ1) is 7.10. The molecule has 0 aromatic heterocycles. The Bertz CT molecular complexity index is 355. The molecule has 0 heterocycles. The van der Waals surface area contributed by atoms with Gasteiger partial charge in [-0.15, -0.1) is 0 Å². The minimum atomic E-state index is -0.726. The summed E-state index contributed by atoms with van der Waals surface area (Å²) in [7, 11) is 0. The maximum absolute atomic E-state index is 11.9. The molecule has 0 aliphatic heterocycles. The highest BCUT2D eigenvalue weighted by Crippen LogP contribution is 2.38. The average Bonchev–Trinajstić information content (AvgIpc) is 3.02. The number of hydrogen-bond acceptors (Lipinski definition) is 2. The molecule has 1 fully saturated rings. The lowest BCUT2D eigenvalue weighted by Gasteiger charge is -2.23. The summed E-state index contributed by atoms with van der Waals surface area (Å²) in [6.07, 6.45) is 2.13. The molecular formula is C12H16N2O. The Hall–Kier alpha value is -1.35. The maximum atomic E-state index is 11.9. The standard InChI is InChI=1S/C12H16N2O/c1-12(13,9-7-8-9)11(15)14-10-5-3-2-4-6-10/h2-6,9H,7-8,13H2,1H3,(H,14,15). The van der Waals surface area contributed by atoms with Crippen molar-refractivity contribution in [3.05, 3.63) is 30.3 Å². The summed E-state index contributed by atoms with van der Waals surface area (Å²) in [5, 5.41) is 2.84. The highest BCUT2D eigenvalue weighted by Gasteiger charge is 2.43. The molecule has 15 heavy (non-hydrogen) atoms. The van der Waals surface area contributed by atoms with Crippen LogP contribution in [0, 0.1) is 5.92 Å². The van der Waals surface area contributed by atoms with Gasteiger partial charge in [-0.2, -0.15) is 0 Å².